The van der Waals surface area contributed by atoms with Crippen molar-refractivity contribution in [3.8, 4) is 0 Å². The molecular weight excluding hydrogens is 289 g/mol. The van der Waals surface area contributed by atoms with Crippen molar-refractivity contribution < 1.29 is 13.4 Å². The summed E-state index contributed by atoms with van der Waals surface area (Å²) in [5.74, 6) is -0.582. The lowest BCUT2D eigenvalue weighted by Gasteiger charge is -2.06. The van der Waals surface area contributed by atoms with Gasteiger partial charge in [0.15, 0.2) is 0 Å². The minimum atomic E-state index is -1.29. The van der Waals surface area contributed by atoms with Crippen molar-refractivity contribution in [3.05, 3.63) is 65.5 Å². The molecule has 0 saturated carbocycles. The van der Waals surface area contributed by atoms with E-state index in [0.29, 0.717) is 11.4 Å². The first kappa shape index (κ1) is 15.4. The van der Waals surface area contributed by atoms with Crippen molar-refractivity contribution in [2.45, 2.75) is 12.7 Å². The smallest absolute Gasteiger partial charge is 0.237 e. The van der Waals surface area contributed by atoms with Gasteiger partial charge in [-0.2, -0.15) is 0 Å². The molecule has 0 heterocycles. The van der Waals surface area contributed by atoms with Gasteiger partial charge in [-0.25, -0.2) is 4.39 Å². The SMILES string of the molecule is Cc1ccc(C[S@@](=O)CC(=O)Nc2cccc(F)c2)cc1. The number of carbonyl (C=O) groups excluding carboxylic acids is 1. The molecule has 0 bridgehead atoms. The van der Waals surface area contributed by atoms with Gasteiger partial charge in [-0.1, -0.05) is 35.9 Å². The van der Waals surface area contributed by atoms with Crippen LogP contribution in [0, 0.1) is 12.7 Å². The number of hydrogen-bond donors (Lipinski definition) is 1. The maximum Gasteiger partial charge on any atom is 0.237 e. The molecule has 0 aliphatic heterocycles. The normalized spacial score (nSPS) is 11.9. The fourth-order valence-electron chi connectivity index (χ4n) is 1.83. The van der Waals surface area contributed by atoms with Crippen LogP contribution >= 0.6 is 0 Å². The summed E-state index contributed by atoms with van der Waals surface area (Å²) in [5.41, 5.74) is 2.43. The van der Waals surface area contributed by atoms with Crippen molar-refractivity contribution in [2.24, 2.45) is 0 Å². The predicted octanol–water partition coefficient (Wildman–Crippen LogP) is 3.02. The summed E-state index contributed by atoms with van der Waals surface area (Å²) in [7, 11) is -1.29. The number of halogens is 1. The minimum Gasteiger partial charge on any atom is -0.325 e. The Morgan fingerprint density at radius 2 is 1.90 bits per heavy atom. The van der Waals surface area contributed by atoms with Crippen molar-refractivity contribution in [1.29, 1.82) is 0 Å². The molecule has 2 aromatic carbocycles. The Morgan fingerprint density at radius 3 is 2.57 bits per heavy atom. The first-order chi connectivity index (χ1) is 10.0. The van der Waals surface area contributed by atoms with Gasteiger partial charge >= 0.3 is 0 Å². The molecule has 2 rings (SSSR count). The summed E-state index contributed by atoms with van der Waals surface area (Å²) in [6, 6.07) is 13.3. The van der Waals surface area contributed by atoms with Crippen molar-refractivity contribution >= 4 is 22.4 Å². The van der Waals surface area contributed by atoms with E-state index in [-0.39, 0.29) is 11.7 Å². The zero-order chi connectivity index (χ0) is 15.2. The number of rotatable bonds is 5. The molecule has 1 N–H and O–H groups in total. The van der Waals surface area contributed by atoms with E-state index in [9.17, 15) is 13.4 Å². The second-order valence-electron chi connectivity index (χ2n) is 4.77. The van der Waals surface area contributed by atoms with Crippen LogP contribution in [0.3, 0.4) is 0 Å². The maximum atomic E-state index is 13.0. The zero-order valence-corrected chi connectivity index (χ0v) is 12.5. The molecule has 21 heavy (non-hydrogen) atoms. The van der Waals surface area contributed by atoms with E-state index >= 15 is 0 Å². The van der Waals surface area contributed by atoms with E-state index in [0.717, 1.165) is 11.1 Å². The summed E-state index contributed by atoms with van der Waals surface area (Å²) < 4.78 is 24.9. The van der Waals surface area contributed by atoms with E-state index in [1.807, 2.05) is 31.2 Å². The Hall–Kier alpha value is -2.01. The number of hydrogen-bond acceptors (Lipinski definition) is 2. The van der Waals surface area contributed by atoms with Crippen LogP contribution in [0.15, 0.2) is 48.5 Å². The first-order valence-corrected chi connectivity index (χ1v) is 7.97. The molecule has 0 fully saturated rings. The third kappa shape index (κ3) is 5.11. The van der Waals surface area contributed by atoms with E-state index in [2.05, 4.69) is 5.32 Å². The summed E-state index contributed by atoms with van der Waals surface area (Å²) in [4.78, 5) is 11.8. The van der Waals surface area contributed by atoms with Crippen molar-refractivity contribution in [1.82, 2.24) is 0 Å². The van der Waals surface area contributed by atoms with Gasteiger partial charge in [-0.15, -0.1) is 0 Å². The van der Waals surface area contributed by atoms with Crippen LogP contribution in [0.5, 0.6) is 0 Å². The number of amides is 1. The van der Waals surface area contributed by atoms with Gasteiger partial charge in [0.2, 0.25) is 5.91 Å². The largest absolute Gasteiger partial charge is 0.325 e. The first-order valence-electron chi connectivity index (χ1n) is 6.49. The molecule has 0 saturated heterocycles. The number of nitrogens with one attached hydrogen (secondary N) is 1. The minimum absolute atomic E-state index is 0.107. The molecule has 110 valence electrons. The van der Waals surface area contributed by atoms with Crippen LogP contribution in [0.4, 0.5) is 10.1 Å². The molecule has 2 aromatic rings. The van der Waals surface area contributed by atoms with Crippen LogP contribution in [0.2, 0.25) is 0 Å². The van der Waals surface area contributed by atoms with Crippen LogP contribution < -0.4 is 5.32 Å². The van der Waals surface area contributed by atoms with Gasteiger partial charge in [0.05, 0.1) is 0 Å². The lowest BCUT2D eigenvalue weighted by Crippen LogP contribution is -2.20. The van der Waals surface area contributed by atoms with E-state index in [1.165, 1.54) is 18.2 Å². The molecular formula is C16H16FNO2S. The average molecular weight is 305 g/mol. The molecule has 0 aliphatic carbocycles. The number of aryl methyl sites for hydroxylation is 1. The zero-order valence-electron chi connectivity index (χ0n) is 11.6. The number of anilines is 1. The average Bonchev–Trinajstić information content (AvgIpc) is 2.41. The van der Waals surface area contributed by atoms with Gasteiger partial charge in [-0.3, -0.25) is 9.00 Å². The molecule has 3 nitrogen and oxygen atoms in total. The van der Waals surface area contributed by atoms with Gasteiger partial charge in [0, 0.05) is 22.2 Å². The highest BCUT2D eigenvalue weighted by Crippen LogP contribution is 2.10. The summed E-state index contributed by atoms with van der Waals surface area (Å²) in [6.45, 7) is 1.98. The Bertz CT molecular complexity index is 656. The number of carbonyl (C=O) groups is 1. The molecule has 1 atom stereocenters. The third-order valence-electron chi connectivity index (χ3n) is 2.85. The van der Waals surface area contributed by atoms with Gasteiger partial charge in [-0.05, 0) is 30.7 Å². The topological polar surface area (TPSA) is 46.2 Å². The lowest BCUT2D eigenvalue weighted by atomic mass is 10.2. The highest BCUT2D eigenvalue weighted by molar-refractivity contribution is 7.84. The summed E-state index contributed by atoms with van der Waals surface area (Å²) in [5, 5.41) is 2.54. The Balaban J connectivity index is 1.87. The predicted molar refractivity (Wildman–Crippen MR) is 82.9 cm³/mol. The third-order valence-corrected chi connectivity index (χ3v) is 4.09. The quantitative estimate of drug-likeness (QED) is 0.923. The van der Waals surface area contributed by atoms with Gasteiger partial charge in [0.1, 0.15) is 11.6 Å². The van der Waals surface area contributed by atoms with E-state index in [4.69, 9.17) is 0 Å². The van der Waals surface area contributed by atoms with E-state index < -0.39 is 16.6 Å². The van der Waals surface area contributed by atoms with Gasteiger partial charge in [0.25, 0.3) is 0 Å². The molecule has 0 spiro atoms. The molecule has 1 amide bonds. The van der Waals surface area contributed by atoms with Crippen LogP contribution in [0.1, 0.15) is 11.1 Å². The highest BCUT2D eigenvalue weighted by Gasteiger charge is 2.09. The summed E-state index contributed by atoms with van der Waals surface area (Å²) in [6.07, 6.45) is 0. The molecule has 0 radical (unpaired) electrons. The monoisotopic (exact) mass is 305 g/mol. The summed E-state index contributed by atoms with van der Waals surface area (Å²) >= 11 is 0. The fourth-order valence-corrected chi connectivity index (χ4v) is 2.86. The molecule has 0 aliphatic rings. The molecule has 0 aromatic heterocycles. The van der Waals surface area contributed by atoms with Crippen molar-refractivity contribution in [3.63, 3.8) is 0 Å². The lowest BCUT2D eigenvalue weighted by molar-refractivity contribution is -0.113. The van der Waals surface area contributed by atoms with E-state index in [1.54, 1.807) is 6.07 Å². The van der Waals surface area contributed by atoms with Crippen LogP contribution in [-0.2, 0) is 21.3 Å². The molecule has 0 unspecified atom stereocenters. The second-order valence-corrected chi connectivity index (χ2v) is 6.23. The fraction of sp³-hybridized carbons (Fsp3) is 0.188. The highest BCUT2D eigenvalue weighted by atomic mass is 32.2. The molecule has 5 heteroatoms. The maximum absolute atomic E-state index is 13.0. The Kier molecular flexibility index (Phi) is 5.22. The second kappa shape index (κ2) is 7.13. The number of benzene rings is 2. The van der Waals surface area contributed by atoms with Crippen LogP contribution in [0.25, 0.3) is 0 Å². The Morgan fingerprint density at radius 1 is 1.19 bits per heavy atom. The van der Waals surface area contributed by atoms with Gasteiger partial charge < -0.3 is 5.32 Å². The standard InChI is InChI=1S/C16H16FNO2S/c1-12-5-7-13(8-6-12)10-21(20)11-16(19)18-15-4-2-3-14(17)9-15/h2-9H,10-11H2,1H3,(H,18,19)/t21-/m1/s1. The van der Waals surface area contributed by atoms with Crippen molar-refractivity contribution in [2.75, 3.05) is 11.1 Å². The van der Waals surface area contributed by atoms with Crippen LogP contribution in [-0.4, -0.2) is 15.9 Å². The Labute approximate surface area is 125 Å².